The Morgan fingerprint density at radius 3 is 2.18 bits per heavy atom. The van der Waals surface area contributed by atoms with Crippen LogP contribution in [0.4, 0.5) is 0 Å². The van der Waals surface area contributed by atoms with Crippen molar-refractivity contribution in [1.29, 1.82) is 0 Å². The summed E-state index contributed by atoms with van der Waals surface area (Å²) >= 11 is 0. The Bertz CT molecular complexity index is 132. The largest absolute Gasteiger partial charge is 0.497 e. The van der Waals surface area contributed by atoms with Crippen molar-refractivity contribution < 1.29 is 4.74 Å². The first-order valence-corrected chi connectivity index (χ1v) is 3.84. The van der Waals surface area contributed by atoms with Gasteiger partial charge in [-0.3, -0.25) is 0 Å². The van der Waals surface area contributed by atoms with Crippen molar-refractivity contribution in [2.75, 3.05) is 7.11 Å². The summed E-state index contributed by atoms with van der Waals surface area (Å²) in [6, 6.07) is 0. The van der Waals surface area contributed by atoms with E-state index >= 15 is 0 Å². The van der Waals surface area contributed by atoms with Gasteiger partial charge in [0.2, 0.25) is 0 Å². The van der Waals surface area contributed by atoms with Crippen LogP contribution in [-0.4, -0.2) is 7.11 Å². The average Bonchev–Trinajstić information content (AvgIpc) is 2.10. The van der Waals surface area contributed by atoms with Gasteiger partial charge in [0.1, 0.15) is 5.76 Å². The standard InChI is InChI=1S/C8H12O.C2H6/c1-4-6-7-8(5-2)9-3;1-2/h4-7H,1H2,2-3H3;1-2H3/b7-6-,8-5+;. The normalized spacial score (nSPS) is 10.4. The van der Waals surface area contributed by atoms with Crippen molar-refractivity contribution in [2.45, 2.75) is 20.8 Å². The van der Waals surface area contributed by atoms with Crippen LogP contribution in [0.25, 0.3) is 0 Å². The zero-order valence-electron chi connectivity index (χ0n) is 7.92. The monoisotopic (exact) mass is 154 g/mol. The summed E-state index contributed by atoms with van der Waals surface area (Å²) in [6.45, 7) is 9.45. The first-order chi connectivity index (χ1) is 5.35. The van der Waals surface area contributed by atoms with E-state index in [0.717, 1.165) is 5.76 Å². The van der Waals surface area contributed by atoms with E-state index in [0.29, 0.717) is 0 Å². The number of hydrogen-bond acceptors (Lipinski definition) is 1. The zero-order chi connectivity index (χ0) is 9.11. The molecule has 0 spiro atoms. The predicted octanol–water partition coefficient (Wildman–Crippen LogP) is 3.31. The second-order valence-electron chi connectivity index (χ2n) is 1.49. The van der Waals surface area contributed by atoms with Crippen LogP contribution in [-0.2, 0) is 4.74 Å². The highest BCUT2D eigenvalue weighted by atomic mass is 16.5. The van der Waals surface area contributed by atoms with Gasteiger partial charge < -0.3 is 4.74 Å². The van der Waals surface area contributed by atoms with E-state index in [9.17, 15) is 0 Å². The van der Waals surface area contributed by atoms with Crippen LogP contribution in [0.1, 0.15) is 20.8 Å². The minimum Gasteiger partial charge on any atom is -0.497 e. The molecule has 1 heteroatoms. The lowest BCUT2D eigenvalue weighted by Crippen LogP contribution is -1.77. The second kappa shape index (κ2) is 11.8. The van der Waals surface area contributed by atoms with Gasteiger partial charge in [-0.25, -0.2) is 0 Å². The molecule has 0 aliphatic heterocycles. The van der Waals surface area contributed by atoms with Gasteiger partial charge in [-0.05, 0) is 19.1 Å². The van der Waals surface area contributed by atoms with E-state index in [2.05, 4.69) is 6.58 Å². The molecule has 1 nitrogen and oxygen atoms in total. The van der Waals surface area contributed by atoms with Gasteiger partial charge in [0.05, 0.1) is 7.11 Å². The molecule has 0 aliphatic rings. The van der Waals surface area contributed by atoms with Gasteiger partial charge in [-0.2, -0.15) is 0 Å². The maximum absolute atomic E-state index is 4.93. The Morgan fingerprint density at radius 2 is 1.91 bits per heavy atom. The summed E-state index contributed by atoms with van der Waals surface area (Å²) in [7, 11) is 1.64. The van der Waals surface area contributed by atoms with E-state index in [4.69, 9.17) is 4.74 Å². The van der Waals surface area contributed by atoms with E-state index in [1.807, 2.05) is 39.0 Å². The molecule has 0 saturated heterocycles. The van der Waals surface area contributed by atoms with E-state index in [1.165, 1.54) is 0 Å². The van der Waals surface area contributed by atoms with Crippen molar-refractivity contribution in [3.63, 3.8) is 0 Å². The average molecular weight is 154 g/mol. The highest BCUT2D eigenvalue weighted by Gasteiger charge is 1.80. The first kappa shape index (κ1) is 12.7. The lowest BCUT2D eigenvalue weighted by atomic mass is 10.4. The van der Waals surface area contributed by atoms with E-state index in [1.54, 1.807) is 13.2 Å². The van der Waals surface area contributed by atoms with Crippen LogP contribution in [0.5, 0.6) is 0 Å². The molecule has 0 aromatic heterocycles. The fourth-order valence-electron chi connectivity index (χ4n) is 0.445. The maximum atomic E-state index is 4.93. The molecule has 64 valence electrons. The van der Waals surface area contributed by atoms with Crippen LogP contribution in [0.2, 0.25) is 0 Å². The fourth-order valence-corrected chi connectivity index (χ4v) is 0.445. The molecule has 0 fully saturated rings. The highest BCUT2D eigenvalue weighted by molar-refractivity contribution is 5.14. The highest BCUT2D eigenvalue weighted by Crippen LogP contribution is 1.95. The van der Waals surface area contributed by atoms with Crippen LogP contribution in [0, 0.1) is 0 Å². The van der Waals surface area contributed by atoms with Crippen molar-refractivity contribution >= 4 is 0 Å². The van der Waals surface area contributed by atoms with Gasteiger partial charge in [-0.15, -0.1) is 0 Å². The quantitative estimate of drug-likeness (QED) is 0.447. The molecule has 0 aromatic rings. The first-order valence-electron chi connectivity index (χ1n) is 3.84. The number of rotatable bonds is 3. The van der Waals surface area contributed by atoms with Gasteiger partial charge in [0.25, 0.3) is 0 Å². The fraction of sp³-hybridized carbons (Fsp3) is 0.400. The third-order valence-corrected chi connectivity index (χ3v) is 0.917. The van der Waals surface area contributed by atoms with E-state index in [-0.39, 0.29) is 0 Å². The van der Waals surface area contributed by atoms with Crippen molar-refractivity contribution in [3.8, 4) is 0 Å². The minimum atomic E-state index is 0.856. The van der Waals surface area contributed by atoms with Gasteiger partial charge >= 0.3 is 0 Å². The third-order valence-electron chi connectivity index (χ3n) is 0.917. The summed E-state index contributed by atoms with van der Waals surface area (Å²) in [6.07, 6.45) is 7.29. The summed E-state index contributed by atoms with van der Waals surface area (Å²) in [5.74, 6) is 0.856. The Balaban J connectivity index is 0. The molecular formula is C10H18O. The molecule has 0 rings (SSSR count). The molecule has 11 heavy (non-hydrogen) atoms. The number of allylic oxidation sites excluding steroid dienone is 4. The topological polar surface area (TPSA) is 9.23 Å². The lowest BCUT2D eigenvalue weighted by molar-refractivity contribution is 0.306. The number of hydrogen-bond donors (Lipinski definition) is 0. The van der Waals surface area contributed by atoms with Crippen LogP contribution in [0.15, 0.2) is 36.6 Å². The van der Waals surface area contributed by atoms with Crippen molar-refractivity contribution in [3.05, 3.63) is 36.6 Å². The predicted molar refractivity (Wildman–Crippen MR) is 51.5 cm³/mol. The number of methoxy groups -OCH3 is 1. The van der Waals surface area contributed by atoms with Crippen LogP contribution >= 0.6 is 0 Å². The zero-order valence-corrected chi connectivity index (χ0v) is 7.92. The summed E-state index contributed by atoms with van der Waals surface area (Å²) in [4.78, 5) is 0. The molecule has 0 aliphatic carbocycles. The summed E-state index contributed by atoms with van der Waals surface area (Å²) < 4.78 is 4.93. The van der Waals surface area contributed by atoms with Gasteiger partial charge in [0.15, 0.2) is 0 Å². The molecule has 0 radical (unpaired) electrons. The minimum absolute atomic E-state index is 0.856. The second-order valence-corrected chi connectivity index (χ2v) is 1.49. The Hall–Kier alpha value is -0.980. The summed E-state index contributed by atoms with van der Waals surface area (Å²) in [5, 5.41) is 0. The molecule has 0 aromatic carbocycles. The summed E-state index contributed by atoms with van der Waals surface area (Å²) in [5.41, 5.74) is 0. The molecule has 0 unspecified atom stereocenters. The molecule has 0 saturated carbocycles. The lowest BCUT2D eigenvalue weighted by Gasteiger charge is -1.95. The molecule has 0 N–H and O–H groups in total. The number of ether oxygens (including phenoxy) is 1. The smallest absolute Gasteiger partial charge is 0.114 e. The van der Waals surface area contributed by atoms with Crippen molar-refractivity contribution in [1.82, 2.24) is 0 Å². The Labute approximate surface area is 70.1 Å². The SMILES string of the molecule is C=C/C=C\C(=C/C)OC.CC. The molecule has 0 amide bonds. The van der Waals surface area contributed by atoms with Crippen LogP contribution < -0.4 is 0 Å². The van der Waals surface area contributed by atoms with Crippen LogP contribution in [0.3, 0.4) is 0 Å². The van der Waals surface area contributed by atoms with E-state index < -0.39 is 0 Å². The molecule has 0 bridgehead atoms. The Morgan fingerprint density at radius 1 is 1.36 bits per heavy atom. The Kier molecular flexibility index (Phi) is 13.6. The maximum Gasteiger partial charge on any atom is 0.114 e. The molecule has 0 heterocycles. The van der Waals surface area contributed by atoms with Gasteiger partial charge in [-0.1, -0.05) is 32.6 Å². The molecule has 0 atom stereocenters. The van der Waals surface area contributed by atoms with Crippen molar-refractivity contribution in [2.24, 2.45) is 0 Å². The third kappa shape index (κ3) is 9.02. The van der Waals surface area contributed by atoms with Gasteiger partial charge in [0, 0.05) is 0 Å². The molecular weight excluding hydrogens is 136 g/mol.